The van der Waals surface area contributed by atoms with Crippen LogP contribution in [0.3, 0.4) is 0 Å². The van der Waals surface area contributed by atoms with E-state index in [-0.39, 0.29) is 11.7 Å². The lowest BCUT2D eigenvalue weighted by Crippen LogP contribution is -2.40. The number of rotatable bonds is 7. The number of hydrogen-bond donors (Lipinski definition) is 1. The number of amides is 1. The van der Waals surface area contributed by atoms with E-state index in [0.717, 1.165) is 21.9 Å². The van der Waals surface area contributed by atoms with Gasteiger partial charge in [0.15, 0.2) is 6.10 Å². The fourth-order valence-electron chi connectivity index (χ4n) is 2.44. The molecule has 7 heteroatoms. The normalized spacial score (nSPS) is 13.7. The highest BCUT2D eigenvalue weighted by Crippen LogP contribution is 2.27. The lowest BCUT2D eigenvalue weighted by Gasteiger charge is -2.22. The molecule has 0 heterocycles. The average Bonchev–Trinajstić information content (AvgIpc) is 2.56. The molecule has 0 spiro atoms. The zero-order valence-electron chi connectivity index (χ0n) is 14.9. The van der Waals surface area contributed by atoms with Crippen molar-refractivity contribution in [1.82, 2.24) is 5.32 Å². The van der Waals surface area contributed by atoms with E-state index in [2.05, 4.69) is 21.2 Å². The van der Waals surface area contributed by atoms with Crippen LogP contribution in [0.5, 0.6) is 5.75 Å². The fourth-order valence-corrected chi connectivity index (χ4v) is 3.91. The number of nitrogens with one attached hydrogen (secondary N) is 1. The molecule has 2 aromatic carbocycles. The molecule has 140 valence electrons. The van der Waals surface area contributed by atoms with Crippen LogP contribution in [0.2, 0.25) is 0 Å². The van der Waals surface area contributed by atoms with Crippen LogP contribution >= 0.6 is 15.9 Å². The maximum absolute atomic E-state index is 12.5. The standard InChI is InChI=1S/C19H22BrNO4S/c1-13-9-10-18(16(20)11-13)25-14(2)19(22)21-17(12-26(3,23)24)15-7-5-4-6-8-15/h4-11,14,17H,12H2,1-3H3,(H,21,22)/t14-,17+/m0/s1. The predicted octanol–water partition coefficient (Wildman–Crippen LogP) is 3.43. The molecule has 0 saturated carbocycles. The summed E-state index contributed by atoms with van der Waals surface area (Å²) in [5.41, 5.74) is 1.80. The highest BCUT2D eigenvalue weighted by molar-refractivity contribution is 9.10. The molecule has 26 heavy (non-hydrogen) atoms. The Morgan fingerprint density at radius 3 is 2.42 bits per heavy atom. The van der Waals surface area contributed by atoms with E-state index >= 15 is 0 Å². The van der Waals surface area contributed by atoms with Crippen molar-refractivity contribution >= 4 is 31.7 Å². The first-order valence-corrected chi connectivity index (χ1v) is 11.0. The molecule has 1 amide bonds. The van der Waals surface area contributed by atoms with Crippen LogP contribution in [0, 0.1) is 6.92 Å². The first kappa shape index (κ1) is 20.5. The number of hydrogen-bond acceptors (Lipinski definition) is 4. The third kappa shape index (κ3) is 6.14. The third-order valence-corrected chi connectivity index (χ3v) is 5.31. The van der Waals surface area contributed by atoms with Gasteiger partial charge in [0.1, 0.15) is 15.6 Å². The molecule has 2 aromatic rings. The highest BCUT2D eigenvalue weighted by Gasteiger charge is 2.23. The zero-order chi connectivity index (χ0) is 19.3. The van der Waals surface area contributed by atoms with Crippen LogP contribution in [0.4, 0.5) is 0 Å². The maximum Gasteiger partial charge on any atom is 0.261 e. The van der Waals surface area contributed by atoms with Gasteiger partial charge in [0.05, 0.1) is 16.3 Å². The maximum atomic E-state index is 12.5. The monoisotopic (exact) mass is 439 g/mol. The summed E-state index contributed by atoms with van der Waals surface area (Å²) in [6.45, 7) is 3.59. The first-order valence-electron chi connectivity index (χ1n) is 8.11. The number of benzene rings is 2. The fraction of sp³-hybridized carbons (Fsp3) is 0.316. The predicted molar refractivity (Wildman–Crippen MR) is 106 cm³/mol. The van der Waals surface area contributed by atoms with Crippen molar-refractivity contribution in [2.45, 2.75) is 26.0 Å². The van der Waals surface area contributed by atoms with Gasteiger partial charge in [-0.25, -0.2) is 8.42 Å². The summed E-state index contributed by atoms with van der Waals surface area (Å²) in [5, 5.41) is 2.78. The number of halogens is 1. The molecule has 0 aromatic heterocycles. The molecule has 0 saturated heterocycles. The topological polar surface area (TPSA) is 72.5 Å². The van der Waals surface area contributed by atoms with E-state index in [1.807, 2.05) is 25.1 Å². The molecular formula is C19H22BrNO4S. The summed E-state index contributed by atoms with van der Waals surface area (Å²) in [6, 6.07) is 14.0. The van der Waals surface area contributed by atoms with Gasteiger partial charge in [0.2, 0.25) is 0 Å². The van der Waals surface area contributed by atoms with Gasteiger partial charge in [-0.2, -0.15) is 0 Å². The Morgan fingerprint density at radius 2 is 1.85 bits per heavy atom. The third-order valence-electron chi connectivity index (χ3n) is 3.75. The van der Waals surface area contributed by atoms with Gasteiger partial charge in [0.25, 0.3) is 5.91 Å². The molecule has 0 aliphatic rings. The number of carbonyl (C=O) groups excluding carboxylic acids is 1. The molecule has 5 nitrogen and oxygen atoms in total. The van der Waals surface area contributed by atoms with Gasteiger partial charge in [-0.1, -0.05) is 36.4 Å². The SMILES string of the molecule is Cc1ccc(O[C@@H](C)C(=O)N[C@H](CS(C)(=O)=O)c2ccccc2)c(Br)c1. The van der Waals surface area contributed by atoms with E-state index < -0.39 is 22.0 Å². The number of aryl methyl sites for hydroxylation is 1. The molecule has 0 fully saturated rings. The largest absolute Gasteiger partial charge is 0.480 e. The molecule has 0 radical (unpaired) electrons. The van der Waals surface area contributed by atoms with Gasteiger partial charge in [-0.15, -0.1) is 0 Å². The Hall–Kier alpha value is -1.86. The second-order valence-electron chi connectivity index (χ2n) is 6.26. The summed E-state index contributed by atoms with van der Waals surface area (Å²) in [4.78, 5) is 12.5. The summed E-state index contributed by atoms with van der Waals surface area (Å²) >= 11 is 3.42. The lowest BCUT2D eigenvalue weighted by molar-refractivity contribution is -0.127. The van der Waals surface area contributed by atoms with E-state index in [9.17, 15) is 13.2 Å². The lowest BCUT2D eigenvalue weighted by atomic mass is 10.1. The Bertz CT molecular complexity index is 868. The van der Waals surface area contributed by atoms with Crippen LogP contribution in [0.1, 0.15) is 24.1 Å². The number of ether oxygens (including phenoxy) is 1. The van der Waals surface area contributed by atoms with E-state index in [1.54, 1.807) is 37.3 Å². The second kappa shape index (κ2) is 8.68. The van der Waals surface area contributed by atoms with Crippen molar-refractivity contribution in [3.05, 3.63) is 64.1 Å². The Balaban J connectivity index is 2.12. The van der Waals surface area contributed by atoms with Gasteiger partial charge in [-0.05, 0) is 53.0 Å². The number of carbonyl (C=O) groups is 1. The van der Waals surface area contributed by atoms with Crippen molar-refractivity contribution in [1.29, 1.82) is 0 Å². The average molecular weight is 440 g/mol. The minimum atomic E-state index is -3.28. The van der Waals surface area contributed by atoms with Crippen LogP contribution in [0.15, 0.2) is 53.0 Å². The summed E-state index contributed by atoms with van der Waals surface area (Å²) in [6.07, 6.45) is 0.373. The molecule has 0 unspecified atom stereocenters. The smallest absolute Gasteiger partial charge is 0.261 e. The Labute approximate surface area is 162 Å². The summed E-state index contributed by atoms with van der Waals surface area (Å²) in [5.74, 6) is -0.00318. The van der Waals surface area contributed by atoms with Crippen LogP contribution < -0.4 is 10.1 Å². The highest BCUT2D eigenvalue weighted by atomic mass is 79.9. The van der Waals surface area contributed by atoms with Crippen molar-refractivity contribution in [2.75, 3.05) is 12.0 Å². The van der Waals surface area contributed by atoms with Crippen LogP contribution in [0.25, 0.3) is 0 Å². The minimum Gasteiger partial charge on any atom is -0.480 e. The molecule has 0 aliphatic heterocycles. The zero-order valence-corrected chi connectivity index (χ0v) is 17.3. The quantitative estimate of drug-likeness (QED) is 0.716. The van der Waals surface area contributed by atoms with E-state index in [1.165, 1.54) is 0 Å². The minimum absolute atomic E-state index is 0.177. The van der Waals surface area contributed by atoms with Gasteiger partial charge in [0, 0.05) is 6.26 Å². The van der Waals surface area contributed by atoms with Gasteiger partial charge < -0.3 is 10.1 Å². The van der Waals surface area contributed by atoms with Crippen LogP contribution in [-0.2, 0) is 14.6 Å². The van der Waals surface area contributed by atoms with Gasteiger partial charge in [-0.3, -0.25) is 4.79 Å². The van der Waals surface area contributed by atoms with Crippen molar-refractivity contribution < 1.29 is 17.9 Å². The Morgan fingerprint density at radius 1 is 1.19 bits per heavy atom. The second-order valence-corrected chi connectivity index (χ2v) is 9.30. The molecular weight excluding hydrogens is 418 g/mol. The van der Waals surface area contributed by atoms with E-state index in [4.69, 9.17) is 4.74 Å². The first-order chi connectivity index (χ1) is 12.2. The molecule has 2 atom stereocenters. The van der Waals surface area contributed by atoms with E-state index in [0.29, 0.717) is 5.75 Å². The van der Waals surface area contributed by atoms with Crippen molar-refractivity contribution in [3.63, 3.8) is 0 Å². The summed E-state index contributed by atoms with van der Waals surface area (Å²) < 4.78 is 30.0. The van der Waals surface area contributed by atoms with Crippen LogP contribution in [-0.4, -0.2) is 32.4 Å². The summed E-state index contributed by atoms with van der Waals surface area (Å²) in [7, 11) is -3.28. The molecule has 0 bridgehead atoms. The van der Waals surface area contributed by atoms with Gasteiger partial charge >= 0.3 is 0 Å². The molecule has 0 aliphatic carbocycles. The van der Waals surface area contributed by atoms with Crippen molar-refractivity contribution in [3.8, 4) is 5.75 Å². The molecule has 2 rings (SSSR count). The Kier molecular flexibility index (Phi) is 6.83. The number of sulfone groups is 1. The van der Waals surface area contributed by atoms with Crippen molar-refractivity contribution in [2.24, 2.45) is 0 Å². The molecule has 1 N–H and O–H groups in total.